The molecule has 0 unspecified atom stereocenters. The lowest BCUT2D eigenvalue weighted by Gasteiger charge is -2.10. The summed E-state index contributed by atoms with van der Waals surface area (Å²) in [5, 5.41) is 16.4. The maximum Gasteiger partial charge on any atom is 0.313 e. The lowest BCUT2D eigenvalue weighted by molar-refractivity contribution is -0.136. The fraction of sp³-hybridized carbons (Fsp3) is 0.400. The van der Waals surface area contributed by atoms with E-state index >= 15 is 0 Å². The molecule has 0 aliphatic heterocycles. The molecule has 0 atom stereocenters. The second-order valence-electron chi connectivity index (χ2n) is 5.56. The van der Waals surface area contributed by atoms with E-state index in [1.807, 2.05) is 19.0 Å². The molecule has 9 nitrogen and oxygen atoms in total. The quantitative estimate of drug-likeness (QED) is 0.569. The van der Waals surface area contributed by atoms with Gasteiger partial charge in [-0.2, -0.15) is 4.68 Å². The van der Waals surface area contributed by atoms with Gasteiger partial charge in [0.15, 0.2) is 5.82 Å². The van der Waals surface area contributed by atoms with E-state index in [1.54, 1.807) is 31.2 Å². The number of aryl methyl sites for hydroxylation is 1. The van der Waals surface area contributed by atoms with Crippen LogP contribution in [0.3, 0.4) is 0 Å². The summed E-state index contributed by atoms with van der Waals surface area (Å²) in [4.78, 5) is 25.7. The third kappa shape index (κ3) is 4.85. The normalized spacial score (nSPS) is 10.7. The van der Waals surface area contributed by atoms with Crippen molar-refractivity contribution in [3.8, 4) is 5.69 Å². The summed E-state index contributed by atoms with van der Waals surface area (Å²) in [6.07, 6.45) is 0.778. The second kappa shape index (κ2) is 8.16. The molecule has 0 saturated heterocycles. The Kier molecular flexibility index (Phi) is 5.96. The third-order valence-electron chi connectivity index (χ3n) is 3.25. The van der Waals surface area contributed by atoms with E-state index in [-0.39, 0.29) is 0 Å². The molecular formula is C15H21N7O2. The van der Waals surface area contributed by atoms with Gasteiger partial charge in [-0.3, -0.25) is 9.59 Å². The minimum atomic E-state index is -0.703. The highest BCUT2D eigenvalue weighted by molar-refractivity contribution is 6.39. The number of carbonyl (C=O) groups excluding carboxylic acids is 2. The number of carbonyl (C=O) groups is 2. The molecule has 2 N–H and O–H groups in total. The van der Waals surface area contributed by atoms with Crippen molar-refractivity contribution in [3.63, 3.8) is 0 Å². The van der Waals surface area contributed by atoms with Gasteiger partial charge in [0.2, 0.25) is 0 Å². The highest BCUT2D eigenvalue weighted by Crippen LogP contribution is 2.14. The van der Waals surface area contributed by atoms with Crippen molar-refractivity contribution in [2.45, 2.75) is 13.3 Å². The molecule has 128 valence electrons. The summed E-state index contributed by atoms with van der Waals surface area (Å²) in [5.41, 5.74) is 1.19. The fourth-order valence-corrected chi connectivity index (χ4v) is 2.05. The molecule has 0 fully saturated rings. The standard InChI is InChI=1S/C15H21N7O2/c1-11-18-19-20-22(11)13-7-4-6-12(10-13)17-15(24)14(23)16-8-5-9-21(2)3/h4,6-7,10H,5,8-9H2,1-3H3,(H,16,23)(H,17,24). The van der Waals surface area contributed by atoms with Gasteiger partial charge in [-0.05, 0) is 62.6 Å². The van der Waals surface area contributed by atoms with E-state index in [9.17, 15) is 9.59 Å². The summed E-state index contributed by atoms with van der Waals surface area (Å²) in [7, 11) is 3.90. The molecule has 2 rings (SSSR count). The molecule has 0 aliphatic carbocycles. The topological polar surface area (TPSA) is 105 Å². The zero-order valence-corrected chi connectivity index (χ0v) is 14.0. The highest BCUT2D eigenvalue weighted by Gasteiger charge is 2.13. The number of nitrogens with zero attached hydrogens (tertiary/aromatic N) is 5. The Bertz CT molecular complexity index is 711. The van der Waals surface area contributed by atoms with Crippen LogP contribution in [0.1, 0.15) is 12.2 Å². The first-order chi connectivity index (χ1) is 11.5. The number of benzene rings is 1. The lowest BCUT2D eigenvalue weighted by atomic mass is 10.2. The number of anilines is 1. The monoisotopic (exact) mass is 331 g/mol. The Morgan fingerprint density at radius 3 is 2.71 bits per heavy atom. The van der Waals surface area contributed by atoms with Crippen LogP contribution >= 0.6 is 0 Å². The van der Waals surface area contributed by atoms with Gasteiger partial charge < -0.3 is 15.5 Å². The van der Waals surface area contributed by atoms with Crippen molar-refractivity contribution >= 4 is 17.5 Å². The van der Waals surface area contributed by atoms with Gasteiger partial charge in [0.05, 0.1) is 5.69 Å². The largest absolute Gasteiger partial charge is 0.348 e. The van der Waals surface area contributed by atoms with Crippen LogP contribution in [-0.4, -0.2) is 64.1 Å². The number of aromatic nitrogens is 4. The van der Waals surface area contributed by atoms with Crippen molar-refractivity contribution in [1.29, 1.82) is 0 Å². The predicted molar refractivity (Wildman–Crippen MR) is 88.7 cm³/mol. The number of rotatable bonds is 6. The van der Waals surface area contributed by atoms with Gasteiger partial charge in [0, 0.05) is 12.2 Å². The Balaban J connectivity index is 1.92. The minimum absolute atomic E-state index is 0.453. The Morgan fingerprint density at radius 2 is 2.04 bits per heavy atom. The van der Waals surface area contributed by atoms with Crippen LogP contribution in [0.2, 0.25) is 0 Å². The first kappa shape index (κ1) is 17.5. The third-order valence-corrected chi connectivity index (χ3v) is 3.25. The number of amides is 2. The van der Waals surface area contributed by atoms with Crippen molar-refractivity contribution in [1.82, 2.24) is 30.4 Å². The molecule has 1 aromatic heterocycles. The molecule has 2 aromatic rings. The van der Waals surface area contributed by atoms with Gasteiger partial charge in [-0.15, -0.1) is 5.10 Å². The maximum absolute atomic E-state index is 11.9. The van der Waals surface area contributed by atoms with Crippen LogP contribution in [0.5, 0.6) is 0 Å². The number of nitrogens with one attached hydrogen (secondary N) is 2. The second-order valence-corrected chi connectivity index (χ2v) is 5.56. The summed E-state index contributed by atoms with van der Waals surface area (Å²) in [6, 6.07) is 6.95. The summed E-state index contributed by atoms with van der Waals surface area (Å²) in [6.45, 7) is 3.07. The van der Waals surface area contributed by atoms with Gasteiger partial charge in [0.1, 0.15) is 0 Å². The Labute approximate surface area is 140 Å². The molecule has 0 saturated carbocycles. The number of hydrogen-bond donors (Lipinski definition) is 2. The van der Waals surface area contributed by atoms with Gasteiger partial charge >= 0.3 is 11.8 Å². The average molecular weight is 331 g/mol. The zero-order valence-electron chi connectivity index (χ0n) is 14.0. The molecule has 1 aromatic carbocycles. The number of tetrazole rings is 1. The molecule has 24 heavy (non-hydrogen) atoms. The molecule has 2 amide bonds. The van der Waals surface area contributed by atoms with Gasteiger partial charge in [-0.25, -0.2) is 0 Å². The first-order valence-electron chi connectivity index (χ1n) is 7.56. The van der Waals surface area contributed by atoms with Crippen molar-refractivity contribution in [2.24, 2.45) is 0 Å². The Hall–Kier alpha value is -2.81. The van der Waals surface area contributed by atoms with Crippen molar-refractivity contribution in [2.75, 3.05) is 32.5 Å². The highest BCUT2D eigenvalue weighted by atomic mass is 16.2. The molecule has 0 spiro atoms. The van der Waals surface area contributed by atoms with Crippen LogP contribution in [-0.2, 0) is 9.59 Å². The van der Waals surface area contributed by atoms with Gasteiger partial charge in [-0.1, -0.05) is 6.07 Å². The molecular weight excluding hydrogens is 310 g/mol. The van der Waals surface area contributed by atoms with Crippen molar-refractivity contribution in [3.05, 3.63) is 30.1 Å². The van der Waals surface area contributed by atoms with Crippen LogP contribution in [0.15, 0.2) is 24.3 Å². The van der Waals surface area contributed by atoms with Crippen LogP contribution < -0.4 is 10.6 Å². The summed E-state index contributed by atoms with van der Waals surface area (Å²) < 4.78 is 1.54. The maximum atomic E-state index is 11.9. The number of hydrogen-bond acceptors (Lipinski definition) is 6. The van der Waals surface area contributed by atoms with E-state index in [1.165, 1.54) is 4.68 Å². The van der Waals surface area contributed by atoms with Crippen LogP contribution in [0, 0.1) is 6.92 Å². The predicted octanol–water partition coefficient (Wildman–Crippen LogP) is -0.0229. The SMILES string of the molecule is Cc1nnnn1-c1cccc(NC(=O)C(=O)NCCCN(C)C)c1. The van der Waals surface area contributed by atoms with E-state index in [2.05, 4.69) is 26.2 Å². The zero-order chi connectivity index (χ0) is 17.5. The molecule has 9 heteroatoms. The Morgan fingerprint density at radius 1 is 1.25 bits per heavy atom. The smallest absolute Gasteiger partial charge is 0.313 e. The van der Waals surface area contributed by atoms with E-state index in [4.69, 9.17) is 0 Å². The van der Waals surface area contributed by atoms with E-state index in [0.29, 0.717) is 23.7 Å². The van der Waals surface area contributed by atoms with Gasteiger partial charge in [0.25, 0.3) is 0 Å². The lowest BCUT2D eigenvalue weighted by Crippen LogP contribution is -2.36. The first-order valence-corrected chi connectivity index (χ1v) is 7.56. The van der Waals surface area contributed by atoms with Crippen LogP contribution in [0.4, 0.5) is 5.69 Å². The van der Waals surface area contributed by atoms with E-state index in [0.717, 1.165) is 13.0 Å². The molecule has 1 heterocycles. The van der Waals surface area contributed by atoms with E-state index < -0.39 is 11.8 Å². The molecule has 0 bridgehead atoms. The fourth-order valence-electron chi connectivity index (χ4n) is 2.05. The van der Waals surface area contributed by atoms with Crippen LogP contribution in [0.25, 0.3) is 5.69 Å². The van der Waals surface area contributed by atoms with Crippen molar-refractivity contribution < 1.29 is 9.59 Å². The summed E-state index contributed by atoms with van der Waals surface area (Å²) >= 11 is 0. The minimum Gasteiger partial charge on any atom is -0.348 e. The summed E-state index contributed by atoms with van der Waals surface area (Å²) in [5.74, 6) is -0.736. The average Bonchev–Trinajstić information content (AvgIpc) is 2.97. The molecule has 0 radical (unpaired) electrons. The molecule has 0 aliphatic rings.